The van der Waals surface area contributed by atoms with E-state index in [1.54, 1.807) is 13.8 Å². The average molecular weight is 1950 g/mol. The van der Waals surface area contributed by atoms with Gasteiger partial charge in [-0.05, 0) is 415 Å². The van der Waals surface area contributed by atoms with Crippen LogP contribution in [0, 0.1) is 46.3 Å². The second kappa shape index (κ2) is 54.5. The van der Waals surface area contributed by atoms with Crippen LogP contribution in [0.25, 0.3) is 0 Å². The van der Waals surface area contributed by atoms with Gasteiger partial charge in [0, 0.05) is 5.41 Å². The van der Waals surface area contributed by atoms with Crippen molar-refractivity contribution in [3.63, 3.8) is 0 Å². The molecule has 10 saturated carbocycles. The van der Waals surface area contributed by atoms with Crippen LogP contribution in [-0.4, -0.2) is 107 Å². The van der Waals surface area contributed by atoms with Crippen molar-refractivity contribution in [2.75, 3.05) is 19.8 Å². The van der Waals surface area contributed by atoms with Crippen molar-refractivity contribution in [3.8, 4) is 0 Å². The summed E-state index contributed by atoms with van der Waals surface area (Å²) in [6.45, 7) is 43.3. The highest BCUT2D eigenvalue weighted by Crippen LogP contribution is 2.64. The molecular formula is C123H182O18. The first-order chi connectivity index (χ1) is 67.1. The molecule has 782 valence electrons. The third-order valence-corrected chi connectivity index (χ3v) is 34.3. The topological polar surface area (TPSA) is 237 Å². The molecule has 7 atom stereocenters. The van der Waals surface area contributed by atoms with Gasteiger partial charge in [-0.25, -0.2) is 28.8 Å². The molecule has 0 amide bonds. The van der Waals surface area contributed by atoms with Crippen molar-refractivity contribution in [1.82, 2.24) is 0 Å². The molecule has 0 aromatic heterocycles. The summed E-state index contributed by atoms with van der Waals surface area (Å²) in [7, 11) is 0. The van der Waals surface area contributed by atoms with Gasteiger partial charge in [-0.2, -0.15) is 0 Å². The summed E-state index contributed by atoms with van der Waals surface area (Å²) in [5.74, 6) is 1.08. The number of esters is 9. The van der Waals surface area contributed by atoms with Crippen molar-refractivity contribution in [3.05, 3.63) is 177 Å². The first kappa shape index (κ1) is 116. The van der Waals surface area contributed by atoms with Crippen LogP contribution in [-0.2, 0) is 61.8 Å². The molecule has 5 aromatic rings. The highest BCUT2D eigenvalue weighted by molar-refractivity contribution is 5.92. The van der Waals surface area contributed by atoms with Gasteiger partial charge in [0.05, 0.1) is 45.1 Å². The summed E-state index contributed by atoms with van der Waals surface area (Å²) < 4.78 is 51.2. The summed E-state index contributed by atoms with van der Waals surface area (Å²) in [6.07, 6.45) is 43.9. The van der Waals surface area contributed by atoms with Gasteiger partial charge in [-0.15, -0.1) is 0 Å². The van der Waals surface area contributed by atoms with Crippen LogP contribution in [0.5, 0.6) is 0 Å². The van der Waals surface area contributed by atoms with E-state index in [9.17, 15) is 43.2 Å². The Balaban J connectivity index is 0.000000194. The monoisotopic (exact) mass is 1950 g/mol. The second-order valence-corrected chi connectivity index (χ2v) is 45.9. The Morgan fingerprint density at radius 1 is 0.348 bits per heavy atom. The summed E-state index contributed by atoms with van der Waals surface area (Å²) >= 11 is 0. The van der Waals surface area contributed by atoms with Gasteiger partial charge < -0.3 is 42.6 Å². The number of rotatable bonds is 34. The van der Waals surface area contributed by atoms with Gasteiger partial charge in [0.1, 0.15) is 46.8 Å². The maximum absolute atomic E-state index is 13.0. The minimum Gasteiger partial charge on any atom is -0.462 e. The number of hydrogen-bond acceptors (Lipinski definition) is 18. The summed E-state index contributed by atoms with van der Waals surface area (Å²) in [5, 5.41) is 0. The molecule has 4 bridgehead atoms. The largest absolute Gasteiger partial charge is 0.462 e. The molecular weight excluding hydrogens is 1770 g/mol. The predicted molar refractivity (Wildman–Crippen MR) is 563 cm³/mol. The van der Waals surface area contributed by atoms with Crippen molar-refractivity contribution < 1.29 is 85.8 Å². The maximum Gasteiger partial charge on any atom is 0.344 e. The molecule has 0 radical (unpaired) electrons. The highest BCUT2D eigenvalue weighted by atomic mass is 16.6. The molecule has 10 aliphatic rings. The van der Waals surface area contributed by atoms with E-state index < -0.39 is 47.4 Å². The lowest BCUT2D eigenvalue weighted by atomic mass is 9.46. The van der Waals surface area contributed by atoms with Crippen molar-refractivity contribution in [2.45, 2.75) is 472 Å². The molecule has 0 aliphatic heterocycles. The number of hydrogen-bond donors (Lipinski definition) is 0. The predicted octanol–water partition coefficient (Wildman–Crippen LogP) is 31.4. The Bertz CT molecular complexity index is 4750. The number of carbonyl (C=O) groups is 9. The van der Waals surface area contributed by atoms with Gasteiger partial charge in [0.15, 0.2) is 6.61 Å². The smallest absolute Gasteiger partial charge is 0.344 e. The van der Waals surface area contributed by atoms with E-state index in [0.717, 1.165) is 172 Å². The molecule has 15 rings (SSSR count). The van der Waals surface area contributed by atoms with E-state index in [1.165, 1.54) is 118 Å². The van der Waals surface area contributed by atoms with Crippen molar-refractivity contribution in [2.24, 2.45) is 46.3 Å². The van der Waals surface area contributed by atoms with E-state index in [2.05, 4.69) is 141 Å². The lowest BCUT2D eigenvalue weighted by molar-refractivity contribution is -0.203. The molecule has 18 heteroatoms. The second-order valence-electron chi connectivity index (χ2n) is 45.9. The van der Waals surface area contributed by atoms with Crippen LogP contribution in [0.1, 0.15) is 518 Å². The van der Waals surface area contributed by atoms with Crippen molar-refractivity contribution >= 4 is 53.7 Å². The fraction of sp³-hybridized carbons (Fsp3) is 0.683. The minimum absolute atomic E-state index is 0.0141. The first-order valence-electron chi connectivity index (χ1n) is 55.5. The normalized spacial score (nSPS) is 22.4. The summed E-state index contributed by atoms with van der Waals surface area (Å²) in [4.78, 5) is 113. The zero-order chi connectivity index (χ0) is 103. The van der Waals surface area contributed by atoms with Crippen LogP contribution in [0.4, 0.5) is 0 Å². The minimum atomic E-state index is -0.656. The zero-order valence-electron chi connectivity index (χ0n) is 90.9. The summed E-state index contributed by atoms with van der Waals surface area (Å²) in [5.41, 5.74) is 7.06. The number of ether oxygens (including phenoxy) is 9. The van der Waals surface area contributed by atoms with E-state index in [-0.39, 0.29) is 82.4 Å². The Morgan fingerprint density at radius 3 is 0.986 bits per heavy atom. The third-order valence-electron chi connectivity index (χ3n) is 34.3. The Labute approximate surface area is 849 Å². The molecule has 5 aromatic carbocycles. The van der Waals surface area contributed by atoms with Crippen LogP contribution in [0.2, 0.25) is 0 Å². The van der Waals surface area contributed by atoms with Crippen molar-refractivity contribution in [1.29, 1.82) is 0 Å². The molecule has 0 spiro atoms. The fourth-order valence-corrected chi connectivity index (χ4v) is 23.1. The average Bonchev–Trinajstić information content (AvgIpc) is 1.40. The molecule has 141 heavy (non-hydrogen) atoms. The quantitative estimate of drug-likeness (QED) is 0.0211. The SMILES string of the molecule is CCC(C)(C)C(=O)OCCOC(=O)C1CCCCC1C(=O)OCC(=O)OC(C)(C)C12CC3CC(CC(C3)C1)C2.CCC(C)c1cccc(C(=O)OC(C)(C)C2CCCCC2)c1.CCC(C)c1cccc(C(=O)OC2(C)CCCC2)c1.CCC(C)c1cccc(C(=O)OC2(C)CCCCC2)c1.CCC(C)c1cccc(C(=O)OC2(CC)CCCC2)c1.CCC(C)c1cccc(C(=O)OC2(CC)CCCCC2)c1. The van der Waals surface area contributed by atoms with Gasteiger partial charge in [-0.1, -0.05) is 196 Å². The van der Waals surface area contributed by atoms with Crippen LogP contribution < -0.4 is 0 Å². The molecule has 7 unspecified atom stereocenters. The number of carbonyl (C=O) groups excluding carboxylic acids is 9. The molecule has 0 saturated heterocycles. The van der Waals surface area contributed by atoms with E-state index in [1.807, 2.05) is 112 Å². The standard InChI is InChI=1S/C31H48O8.C20H30O2.C19H28O2.2C18H26O2.C17H24O2/c1-6-29(2,3)28(35)37-12-11-36-26(33)23-9-7-8-10-24(23)27(34)38-19-25(32)39-30(4,5)31-16-20-13-21(17-31)15-22(14-20)18-31;1-5-15(2)16-10-9-11-17(14-16)19(21)22-20(3,4)18-12-7-6-8-13-18;1-4-15(3)16-10-9-11-17(14-16)18(20)21-19(5-2)12-7-6-8-13-19;1-4-14(2)15-9-8-10-16(13-15)17(19)20-18(3)11-6-5-7-12-18;1-4-14(3)15-9-8-10-16(13-15)17(19)20-18(5-2)11-6-7-12-18;1-4-13(2)14-8-7-9-15(12-14)16(18)19-17(3)10-5-6-11-17/h20-24H,6-19H2,1-5H3;9-11,14-15,18H,5-8,12-13H2,1-4H3;9-11,14-15H,4-8,12-13H2,1-3H3;2*8-10,13-14H,4-7,11-12H2,1-3H3;7-9,12-13H,4-6,10-11H2,1-3H3. The highest BCUT2D eigenvalue weighted by Gasteiger charge is 2.59. The Kier molecular flexibility index (Phi) is 44.8. The molecule has 0 heterocycles. The lowest BCUT2D eigenvalue weighted by Crippen LogP contribution is -2.57. The molecule has 10 aliphatic carbocycles. The summed E-state index contributed by atoms with van der Waals surface area (Å²) in [6, 6.07) is 39.6. The van der Waals surface area contributed by atoms with Crippen LogP contribution in [0.3, 0.4) is 0 Å². The van der Waals surface area contributed by atoms with Crippen LogP contribution >= 0.6 is 0 Å². The molecule has 10 fully saturated rings. The van der Waals surface area contributed by atoms with Gasteiger partial charge in [0.2, 0.25) is 0 Å². The third kappa shape index (κ3) is 33.7. The van der Waals surface area contributed by atoms with E-state index in [4.69, 9.17) is 42.6 Å². The zero-order valence-corrected chi connectivity index (χ0v) is 90.9. The first-order valence-corrected chi connectivity index (χ1v) is 55.5. The Hall–Kier alpha value is -8.67. The van der Waals surface area contributed by atoms with Gasteiger partial charge in [-0.3, -0.25) is 14.4 Å². The van der Waals surface area contributed by atoms with E-state index >= 15 is 0 Å². The van der Waals surface area contributed by atoms with Gasteiger partial charge >= 0.3 is 53.7 Å². The van der Waals surface area contributed by atoms with E-state index in [0.29, 0.717) is 82.6 Å². The molecule has 0 N–H and O–H groups in total. The lowest BCUT2D eigenvalue weighted by Gasteiger charge is -2.61. The molecule has 18 nitrogen and oxygen atoms in total. The van der Waals surface area contributed by atoms with Crippen LogP contribution in [0.15, 0.2) is 121 Å². The van der Waals surface area contributed by atoms with Gasteiger partial charge in [0.25, 0.3) is 0 Å². The Morgan fingerprint density at radius 2 is 0.645 bits per heavy atom. The number of benzene rings is 5. The maximum atomic E-state index is 13.0. The fourth-order valence-electron chi connectivity index (χ4n) is 23.1.